The van der Waals surface area contributed by atoms with Crippen molar-refractivity contribution in [2.24, 2.45) is 5.73 Å². The molecule has 1 heterocycles. The standard InChI is InChI=1S/C11H13NO2/c12-5-11(13)10-4-2-1-3-9(10)8-6-14-7-8/h1-4,8H,5-7,12H2. The van der Waals surface area contributed by atoms with E-state index in [0.29, 0.717) is 5.92 Å². The Morgan fingerprint density at radius 2 is 2.14 bits per heavy atom. The fraction of sp³-hybridized carbons (Fsp3) is 0.364. The number of carbonyl (C=O) groups is 1. The second-order valence-electron chi connectivity index (χ2n) is 3.45. The molecule has 14 heavy (non-hydrogen) atoms. The van der Waals surface area contributed by atoms with Crippen LogP contribution in [-0.2, 0) is 4.74 Å². The first-order chi connectivity index (χ1) is 6.83. The van der Waals surface area contributed by atoms with Crippen LogP contribution in [0, 0.1) is 0 Å². The predicted molar refractivity (Wildman–Crippen MR) is 53.4 cm³/mol. The molecule has 2 N–H and O–H groups in total. The summed E-state index contributed by atoms with van der Waals surface area (Å²) in [7, 11) is 0. The number of ether oxygens (including phenoxy) is 1. The number of rotatable bonds is 3. The molecule has 0 atom stereocenters. The van der Waals surface area contributed by atoms with Crippen LogP contribution in [0.15, 0.2) is 24.3 Å². The van der Waals surface area contributed by atoms with E-state index >= 15 is 0 Å². The van der Waals surface area contributed by atoms with E-state index < -0.39 is 0 Å². The summed E-state index contributed by atoms with van der Waals surface area (Å²) in [6.45, 7) is 1.51. The second kappa shape index (κ2) is 3.90. The van der Waals surface area contributed by atoms with Gasteiger partial charge in [-0.3, -0.25) is 4.79 Å². The first-order valence-corrected chi connectivity index (χ1v) is 4.73. The predicted octanol–water partition coefficient (Wildman–Crippen LogP) is 0.942. The molecule has 0 spiro atoms. The minimum atomic E-state index is 0.00694. The van der Waals surface area contributed by atoms with Gasteiger partial charge in [0.2, 0.25) is 0 Å². The summed E-state index contributed by atoms with van der Waals surface area (Å²) in [5, 5.41) is 0. The molecule has 2 rings (SSSR count). The third-order valence-corrected chi connectivity index (χ3v) is 2.52. The van der Waals surface area contributed by atoms with Crippen LogP contribution < -0.4 is 5.73 Å². The fourth-order valence-electron chi connectivity index (χ4n) is 1.63. The third kappa shape index (κ3) is 1.56. The van der Waals surface area contributed by atoms with Crippen molar-refractivity contribution in [3.05, 3.63) is 35.4 Å². The Kier molecular flexibility index (Phi) is 2.61. The van der Waals surface area contributed by atoms with Gasteiger partial charge in [-0.25, -0.2) is 0 Å². The van der Waals surface area contributed by atoms with Crippen molar-refractivity contribution in [3.63, 3.8) is 0 Å². The molecule has 0 saturated carbocycles. The number of nitrogens with two attached hydrogens (primary N) is 1. The van der Waals surface area contributed by atoms with Gasteiger partial charge < -0.3 is 10.5 Å². The molecule has 0 amide bonds. The average molecular weight is 191 g/mol. The Bertz CT molecular complexity index is 345. The van der Waals surface area contributed by atoms with Gasteiger partial charge in [0, 0.05) is 11.5 Å². The van der Waals surface area contributed by atoms with E-state index in [1.54, 1.807) is 0 Å². The summed E-state index contributed by atoms with van der Waals surface area (Å²) in [6.07, 6.45) is 0. The molecule has 1 aromatic carbocycles. The summed E-state index contributed by atoms with van der Waals surface area (Å²) in [5.74, 6) is 0.384. The van der Waals surface area contributed by atoms with Gasteiger partial charge >= 0.3 is 0 Å². The molecule has 1 aliphatic heterocycles. The van der Waals surface area contributed by atoms with Crippen molar-refractivity contribution in [2.75, 3.05) is 19.8 Å². The Labute approximate surface area is 82.9 Å². The maximum absolute atomic E-state index is 11.5. The zero-order chi connectivity index (χ0) is 9.97. The van der Waals surface area contributed by atoms with Crippen molar-refractivity contribution in [3.8, 4) is 0 Å². The van der Waals surface area contributed by atoms with E-state index in [2.05, 4.69) is 0 Å². The smallest absolute Gasteiger partial charge is 0.176 e. The highest BCUT2D eigenvalue weighted by atomic mass is 16.5. The van der Waals surface area contributed by atoms with Crippen LogP contribution in [0.1, 0.15) is 21.8 Å². The van der Waals surface area contributed by atoms with Crippen LogP contribution in [0.5, 0.6) is 0 Å². The molecule has 3 nitrogen and oxygen atoms in total. The van der Waals surface area contributed by atoms with Crippen molar-refractivity contribution in [1.82, 2.24) is 0 Å². The summed E-state index contributed by atoms with van der Waals surface area (Å²) in [6, 6.07) is 7.63. The lowest BCUT2D eigenvalue weighted by molar-refractivity contribution is 0.00815. The fourth-order valence-corrected chi connectivity index (χ4v) is 1.63. The van der Waals surface area contributed by atoms with Crippen molar-refractivity contribution < 1.29 is 9.53 Å². The summed E-state index contributed by atoms with van der Waals surface area (Å²) >= 11 is 0. The molecule has 1 aliphatic rings. The molecule has 0 bridgehead atoms. The Morgan fingerprint density at radius 3 is 2.71 bits per heavy atom. The van der Waals surface area contributed by atoms with Gasteiger partial charge in [-0.15, -0.1) is 0 Å². The average Bonchev–Trinajstić information content (AvgIpc) is 2.15. The van der Waals surface area contributed by atoms with Gasteiger partial charge in [0.1, 0.15) is 0 Å². The van der Waals surface area contributed by atoms with Crippen molar-refractivity contribution >= 4 is 5.78 Å². The molecule has 0 aromatic heterocycles. The number of Topliss-reactive ketones (excluding diaryl/α,β-unsaturated/α-hetero) is 1. The summed E-state index contributed by atoms with van der Waals surface area (Å²) < 4.78 is 5.12. The number of carbonyl (C=O) groups excluding carboxylic acids is 1. The monoisotopic (exact) mass is 191 g/mol. The molecule has 0 radical (unpaired) electrons. The lowest BCUT2D eigenvalue weighted by Gasteiger charge is -2.27. The zero-order valence-corrected chi connectivity index (χ0v) is 7.90. The Balaban J connectivity index is 2.32. The summed E-state index contributed by atoms with van der Waals surface area (Å²) in [4.78, 5) is 11.5. The minimum absolute atomic E-state index is 0.00694. The quantitative estimate of drug-likeness (QED) is 0.723. The zero-order valence-electron chi connectivity index (χ0n) is 7.90. The van der Waals surface area contributed by atoms with Gasteiger partial charge in [-0.2, -0.15) is 0 Å². The number of benzene rings is 1. The van der Waals surface area contributed by atoms with Crippen LogP contribution in [0.3, 0.4) is 0 Å². The SMILES string of the molecule is NCC(=O)c1ccccc1C1COC1. The topological polar surface area (TPSA) is 52.3 Å². The highest BCUT2D eigenvalue weighted by Gasteiger charge is 2.24. The normalized spacial score (nSPS) is 16.4. The van der Waals surface area contributed by atoms with E-state index in [1.165, 1.54) is 0 Å². The van der Waals surface area contributed by atoms with Gasteiger partial charge in [0.15, 0.2) is 5.78 Å². The third-order valence-electron chi connectivity index (χ3n) is 2.52. The second-order valence-corrected chi connectivity index (χ2v) is 3.45. The summed E-state index contributed by atoms with van der Waals surface area (Å²) in [5.41, 5.74) is 7.18. The van der Waals surface area contributed by atoms with Crippen molar-refractivity contribution in [1.29, 1.82) is 0 Å². The van der Waals surface area contributed by atoms with Crippen LogP contribution in [0.25, 0.3) is 0 Å². The Hall–Kier alpha value is -1.19. The highest BCUT2D eigenvalue weighted by molar-refractivity contribution is 5.99. The minimum Gasteiger partial charge on any atom is -0.380 e. The molecule has 0 unspecified atom stereocenters. The number of hydrogen-bond donors (Lipinski definition) is 1. The van der Waals surface area contributed by atoms with Gasteiger partial charge in [-0.05, 0) is 5.56 Å². The molecule has 1 aromatic rings. The molecule has 3 heteroatoms. The number of hydrogen-bond acceptors (Lipinski definition) is 3. The maximum Gasteiger partial charge on any atom is 0.176 e. The van der Waals surface area contributed by atoms with E-state index in [-0.39, 0.29) is 12.3 Å². The van der Waals surface area contributed by atoms with E-state index in [0.717, 1.165) is 24.3 Å². The highest BCUT2D eigenvalue weighted by Crippen LogP contribution is 2.26. The molecule has 74 valence electrons. The van der Waals surface area contributed by atoms with Gasteiger partial charge in [0.25, 0.3) is 0 Å². The maximum atomic E-state index is 11.5. The first kappa shape index (κ1) is 9.37. The lowest BCUT2D eigenvalue weighted by Crippen LogP contribution is -2.27. The molecular formula is C11H13NO2. The first-order valence-electron chi connectivity index (χ1n) is 4.73. The van der Waals surface area contributed by atoms with Crippen LogP contribution in [0.4, 0.5) is 0 Å². The molecular weight excluding hydrogens is 178 g/mol. The lowest BCUT2D eigenvalue weighted by atomic mass is 9.91. The largest absolute Gasteiger partial charge is 0.380 e. The van der Waals surface area contributed by atoms with E-state index in [4.69, 9.17) is 10.5 Å². The molecule has 1 fully saturated rings. The molecule has 1 saturated heterocycles. The van der Waals surface area contributed by atoms with E-state index in [1.807, 2.05) is 24.3 Å². The number of ketones is 1. The van der Waals surface area contributed by atoms with Gasteiger partial charge in [0.05, 0.1) is 19.8 Å². The molecule has 0 aliphatic carbocycles. The van der Waals surface area contributed by atoms with E-state index in [9.17, 15) is 4.79 Å². The van der Waals surface area contributed by atoms with Crippen LogP contribution >= 0.6 is 0 Å². The van der Waals surface area contributed by atoms with Crippen LogP contribution in [0.2, 0.25) is 0 Å². The van der Waals surface area contributed by atoms with Crippen LogP contribution in [-0.4, -0.2) is 25.5 Å². The van der Waals surface area contributed by atoms with Gasteiger partial charge in [-0.1, -0.05) is 24.3 Å². The van der Waals surface area contributed by atoms with Crippen molar-refractivity contribution in [2.45, 2.75) is 5.92 Å². The Morgan fingerprint density at radius 1 is 1.43 bits per heavy atom.